The Kier molecular flexibility index (Phi) is 3.53. The second kappa shape index (κ2) is 5.35. The van der Waals surface area contributed by atoms with Crippen LogP contribution in [0.2, 0.25) is 10.0 Å². The number of hydrogen-bond donors (Lipinski definition) is 1. The molecule has 1 amide bonds. The van der Waals surface area contributed by atoms with Crippen molar-refractivity contribution in [1.82, 2.24) is 4.98 Å². The number of carbonyl (C=O) groups is 1. The van der Waals surface area contributed by atoms with Crippen molar-refractivity contribution < 1.29 is 4.79 Å². The zero-order valence-electron chi connectivity index (χ0n) is 10.8. The molecule has 0 atom stereocenters. The minimum atomic E-state index is -0.567. The molecule has 2 aromatic carbocycles. The highest BCUT2D eigenvalue weighted by Gasteiger charge is 2.12. The first-order valence-corrected chi connectivity index (χ1v) is 6.96. The van der Waals surface area contributed by atoms with Gasteiger partial charge < -0.3 is 5.73 Å². The summed E-state index contributed by atoms with van der Waals surface area (Å²) < 4.78 is 0. The molecule has 0 spiro atoms. The van der Waals surface area contributed by atoms with Crippen molar-refractivity contribution in [2.45, 2.75) is 0 Å². The maximum atomic E-state index is 11.5. The molecule has 0 saturated heterocycles. The molecule has 21 heavy (non-hydrogen) atoms. The van der Waals surface area contributed by atoms with Crippen LogP contribution in [0.15, 0.2) is 48.7 Å². The number of nitrogens with zero attached hydrogens (tertiary/aromatic N) is 1. The Bertz CT molecular complexity index is 842. The van der Waals surface area contributed by atoms with E-state index in [-0.39, 0.29) is 5.69 Å². The number of fused-ring (bicyclic) bond motifs is 1. The minimum Gasteiger partial charge on any atom is -0.364 e. The maximum absolute atomic E-state index is 11.5. The first-order valence-electron chi connectivity index (χ1n) is 6.21. The third-order valence-corrected chi connectivity index (χ3v) is 3.88. The second-order valence-electron chi connectivity index (χ2n) is 4.56. The summed E-state index contributed by atoms with van der Waals surface area (Å²) in [7, 11) is 0. The van der Waals surface area contributed by atoms with Gasteiger partial charge in [-0.05, 0) is 35.2 Å². The van der Waals surface area contributed by atoms with Crippen molar-refractivity contribution in [3.8, 4) is 11.1 Å². The molecule has 0 aliphatic rings. The molecule has 5 heteroatoms. The van der Waals surface area contributed by atoms with E-state index in [0.29, 0.717) is 15.4 Å². The third kappa shape index (κ3) is 2.46. The first kappa shape index (κ1) is 13.9. The number of rotatable bonds is 2. The van der Waals surface area contributed by atoms with Gasteiger partial charge in [0.05, 0.1) is 0 Å². The first-order chi connectivity index (χ1) is 10.1. The Balaban J connectivity index is 2.31. The number of benzene rings is 2. The summed E-state index contributed by atoms with van der Waals surface area (Å²) in [6, 6.07) is 12.8. The van der Waals surface area contributed by atoms with E-state index in [1.54, 1.807) is 24.4 Å². The standard InChI is InChI=1S/C16H10Cl2N2O/c17-12-2-1-3-13(18)14(12)10-5-4-9-6-7-20-15(16(19)21)11(9)8-10/h1-8H,(H2,19,21). The Morgan fingerprint density at radius 3 is 2.43 bits per heavy atom. The molecule has 1 aromatic heterocycles. The third-order valence-electron chi connectivity index (χ3n) is 3.25. The van der Waals surface area contributed by atoms with Crippen molar-refractivity contribution in [3.05, 3.63) is 64.4 Å². The van der Waals surface area contributed by atoms with E-state index < -0.39 is 5.91 Å². The zero-order chi connectivity index (χ0) is 15.0. The van der Waals surface area contributed by atoms with Crippen LogP contribution in [0.1, 0.15) is 10.5 Å². The van der Waals surface area contributed by atoms with Crippen LogP contribution in [0.4, 0.5) is 0 Å². The second-order valence-corrected chi connectivity index (χ2v) is 5.37. The summed E-state index contributed by atoms with van der Waals surface area (Å²) >= 11 is 12.5. The summed E-state index contributed by atoms with van der Waals surface area (Å²) in [5, 5.41) is 2.65. The Labute approximate surface area is 131 Å². The van der Waals surface area contributed by atoms with Gasteiger partial charge >= 0.3 is 0 Å². The lowest BCUT2D eigenvalue weighted by Gasteiger charge is -2.09. The highest BCUT2D eigenvalue weighted by atomic mass is 35.5. The average Bonchev–Trinajstić information content (AvgIpc) is 2.46. The molecule has 2 N–H and O–H groups in total. The molecule has 0 radical (unpaired) electrons. The van der Waals surface area contributed by atoms with Gasteiger partial charge in [-0.1, -0.05) is 41.4 Å². The normalized spacial score (nSPS) is 10.8. The quantitative estimate of drug-likeness (QED) is 0.766. The topological polar surface area (TPSA) is 56.0 Å². The molecule has 3 rings (SSSR count). The van der Waals surface area contributed by atoms with Gasteiger partial charge in [-0.15, -0.1) is 0 Å². The fourth-order valence-electron chi connectivity index (χ4n) is 2.29. The molecule has 3 nitrogen and oxygen atoms in total. The largest absolute Gasteiger partial charge is 0.364 e. The molecule has 104 valence electrons. The van der Waals surface area contributed by atoms with E-state index >= 15 is 0 Å². The fourth-order valence-corrected chi connectivity index (χ4v) is 2.91. The smallest absolute Gasteiger partial charge is 0.267 e. The van der Waals surface area contributed by atoms with Gasteiger partial charge in [-0.3, -0.25) is 9.78 Å². The number of aromatic nitrogens is 1. The number of hydrogen-bond acceptors (Lipinski definition) is 2. The number of pyridine rings is 1. The molecule has 0 aliphatic carbocycles. The molecule has 3 aromatic rings. The number of primary amides is 1. The number of carbonyl (C=O) groups excluding carboxylic acids is 1. The van der Waals surface area contributed by atoms with Gasteiger partial charge in [-0.2, -0.15) is 0 Å². The van der Waals surface area contributed by atoms with Gasteiger partial charge in [0.15, 0.2) is 0 Å². The Morgan fingerprint density at radius 1 is 1.05 bits per heavy atom. The molecule has 0 saturated carbocycles. The van der Waals surface area contributed by atoms with Crippen molar-refractivity contribution in [1.29, 1.82) is 0 Å². The summed E-state index contributed by atoms with van der Waals surface area (Å²) in [5.74, 6) is -0.567. The lowest BCUT2D eigenvalue weighted by atomic mass is 10.0. The van der Waals surface area contributed by atoms with E-state index in [1.807, 2.05) is 24.3 Å². The summed E-state index contributed by atoms with van der Waals surface area (Å²) in [6.45, 7) is 0. The maximum Gasteiger partial charge on any atom is 0.267 e. The summed E-state index contributed by atoms with van der Waals surface area (Å²) in [5.41, 5.74) is 7.15. The predicted molar refractivity (Wildman–Crippen MR) is 85.7 cm³/mol. The molecule has 0 aliphatic heterocycles. The van der Waals surface area contributed by atoms with Crippen LogP contribution in [0.25, 0.3) is 21.9 Å². The zero-order valence-corrected chi connectivity index (χ0v) is 12.3. The van der Waals surface area contributed by atoms with Crippen molar-refractivity contribution in [2.75, 3.05) is 0 Å². The minimum absolute atomic E-state index is 0.234. The van der Waals surface area contributed by atoms with Crippen LogP contribution in [-0.4, -0.2) is 10.9 Å². The fraction of sp³-hybridized carbons (Fsp3) is 0. The molecular formula is C16H10Cl2N2O. The van der Waals surface area contributed by atoms with E-state index in [0.717, 1.165) is 16.5 Å². The highest BCUT2D eigenvalue weighted by Crippen LogP contribution is 2.36. The van der Waals surface area contributed by atoms with E-state index in [4.69, 9.17) is 28.9 Å². The van der Waals surface area contributed by atoms with Crippen molar-refractivity contribution in [2.24, 2.45) is 5.73 Å². The molecular weight excluding hydrogens is 307 g/mol. The van der Waals surface area contributed by atoms with Crippen LogP contribution in [0, 0.1) is 0 Å². The monoisotopic (exact) mass is 316 g/mol. The Hall–Kier alpha value is -2.10. The SMILES string of the molecule is NC(=O)c1nccc2ccc(-c3c(Cl)cccc3Cl)cc12. The number of amides is 1. The van der Waals surface area contributed by atoms with Gasteiger partial charge in [-0.25, -0.2) is 0 Å². The van der Waals surface area contributed by atoms with Crippen LogP contribution >= 0.6 is 23.2 Å². The van der Waals surface area contributed by atoms with Crippen molar-refractivity contribution in [3.63, 3.8) is 0 Å². The Morgan fingerprint density at radius 2 is 1.76 bits per heavy atom. The summed E-state index contributed by atoms with van der Waals surface area (Å²) in [6.07, 6.45) is 1.56. The van der Waals surface area contributed by atoms with Crippen LogP contribution in [0.3, 0.4) is 0 Å². The molecule has 0 fully saturated rings. The van der Waals surface area contributed by atoms with Gasteiger partial charge in [0, 0.05) is 27.2 Å². The van der Waals surface area contributed by atoms with E-state index in [9.17, 15) is 4.79 Å². The van der Waals surface area contributed by atoms with Crippen LogP contribution in [0.5, 0.6) is 0 Å². The lowest BCUT2D eigenvalue weighted by Crippen LogP contribution is -2.13. The van der Waals surface area contributed by atoms with E-state index in [1.165, 1.54) is 0 Å². The van der Waals surface area contributed by atoms with E-state index in [2.05, 4.69) is 4.98 Å². The van der Waals surface area contributed by atoms with Gasteiger partial charge in [0.1, 0.15) is 5.69 Å². The lowest BCUT2D eigenvalue weighted by molar-refractivity contribution is 0.0997. The molecule has 0 unspecified atom stereocenters. The molecule has 1 heterocycles. The number of nitrogens with two attached hydrogens (primary N) is 1. The average molecular weight is 317 g/mol. The summed E-state index contributed by atoms with van der Waals surface area (Å²) in [4.78, 5) is 15.5. The van der Waals surface area contributed by atoms with Crippen molar-refractivity contribution >= 4 is 39.9 Å². The number of halogens is 2. The van der Waals surface area contributed by atoms with Crippen LogP contribution in [-0.2, 0) is 0 Å². The highest BCUT2D eigenvalue weighted by molar-refractivity contribution is 6.39. The molecule has 0 bridgehead atoms. The predicted octanol–water partition coefficient (Wildman–Crippen LogP) is 4.31. The van der Waals surface area contributed by atoms with Crippen LogP contribution < -0.4 is 5.73 Å². The van der Waals surface area contributed by atoms with Gasteiger partial charge in [0.2, 0.25) is 0 Å². The van der Waals surface area contributed by atoms with Gasteiger partial charge in [0.25, 0.3) is 5.91 Å².